The van der Waals surface area contributed by atoms with Gasteiger partial charge in [0, 0.05) is 41.1 Å². The third-order valence-corrected chi connectivity index (χ3v) is 4.24. The summed E-state index contributed by atoms with van der Waals surface area (Å²) in [5.41, 5.74) is 7.97. The van der Waals surface area contributed by atoms with E-state index in [0.717, 1.165) is 40.5 Å². The number of anilines is 2. The number of fused-ring (bicyclic) bond motifs is 1. The smallest absolute Gasteiger partial charge is 0.0437 e. The van der Waals surface area contributed by atoms with Crippen molar-refractivity contribution in [1.29, 1.82) is 0 Å². The summed E-state index contributed by atoms with van der Waals surface area (Å²) in [7, 11) is 0. The molecule has 1 aliphatic carbocycles. The summed E-state index contributed by atoms with van der Waals surface area (Å²) in [5.74, 6) is 1.69. The monoisotopic (exact) mass is 255 g/mol. The fourth-order valence-electron chi connectivity index (χ4n) is 3.13. The molecule has 2 atom stereocenters. The lowest BCUT2D eigenvalue weighted by Crippen LogP contribution is -2.11. The second-order valence-corrected chi connectivity index (χ2v) is 5.79. The van der Waals surface area contributed by atoms with Crippen LogP contribution in [0.4, 0.5) is 11.4 Å². The van der Waals surface area contributed by atoms with Crippen molar-refractivity contribution in [3.05, 3.63) is 30.6 Å². The van der Waals surface area contributed by atoms with E-state index in [4.69, 9.17) is 5.73 Å². The van der Waals surface area contributed by atoms with Crippen molar-refractivity contribution in [3.63, 3.8) is 0 Å². The third kappa shape index (κ3) is 2.50. The minimum atomic E-state index is 0.805. The first-order valence-corrected chi connectivity index (χ1v) is 7.10. The van der Waals surface area contributed by atoms with Crippen molar-refractivity contribution in [3.8, 4) is 0 Å². The van der Waals surface area contributed by atoms with Gasteiger partial charge in [0.2, 0.25) is 0 Å². The van der Waals surface area contributed by atoms with Crippen LogP contribution in [-0.2, 0) is 0 Å². The zero-order valence-corrected chi connectivity index (χ0v) is 11.4. The number of nitrogens with zero attached hydrogens (tertiary/aromatic N) is 1. The van der Waals surface area contributed by atoms with Crippen LogP contribution in [0.3, 0.4) is 0 Å². The Balaban J connectivity index is 1.79. The fraction of sp³-hybridized carbons (Fsp3) is 0.438. The predicted molar refractivity (Wildman–Crippen MR) is 81.2 cm³/mol. The molecule has 0 radical (unpaired) electrons. The van der Waals surface area contributed by atoms with E-state index in [1.54, 1.807) is 6.20 Å². The number of aromatic nitrogens is 1. The Morgan fingerprint density at radius 3 is 2.95 bits per heavy atom. The third-order valence-electron chi connectivity index (χ3n) is 4.24. The molecule has 0 aliphatic heterocycles. The summed E-state index contributed by atoms with van der Waals surface area (Å²) in [4.78, 5) is 4.21. The zero-order valence-electron chi connectivity index (χ0n) is 11.4. The Hall–Kier alpha value is -1.77. The van der Waals surface area contributed by atoms with Gasteiger partial charge in [0.15, 0.2) is 0 Å². The fourth-order valence-corrected chi connectivity index (χ4v) is 3.13. The predicted octanol–water partition coefficient (Wildman–Crippen LogP) is 3.67. The SMILES string of the molecule is CC1CCC(CNc2ccc(N)c3ccncc23)C1. The molecule has 2 aromatic rings. The molecule has 3 nitrogen and oxygen atoms in total. The molecule has 1 heterocycles. The Labute approximate surface area is 114 Å². The van der Waals surface area contributed by atoms with E-state index in [0.29, 0.717) is 0 Å². The van der Waals surface area contributed by atoms with Crippen LogP contribution < -0.4 is 11.1 Å². The average Bonchev–Trinajstić information content (AvgIpc) is 2.84. The van der Waals surface area contributed by atoms with Crippen molar-refractivity contribution in [2.24, 2.45) is 11.8 Å². The normalized spacial score (nSPS) is 22.8. The molecule has 0 saturated heterocycles. The van der Waals surface area contributed by atoms with Crippen LogP contribution >= 0.6 is 0 Å². The summed E-state index contributed by atoms with van der Waals surface area (Å²) in [6.07, 6.45) is 7.75. The van der Waals surface area contributed by atoms with Gasteiger partial charge < -0.3 is 11.1 Å². The van der Waals surface area contributed by atoms with E-state index in [1.165, 1.54) is 19.3 Å². The molecule has 1 aromatic heterocycles. The minimum Gasteiger partial charge on any atom is -0.398 e. The number of hydrogen-bond acceptors (Lipinski definition) is 3. The lowest BCUT2D eigenvalue weighted by Gasteiger charge is -2.14. The first-order valence-electron chi connectivity index (χ1n) is 7.10. The van der Waals surface area contributed by atoms with Crippen LogP contribution in [0.2, 0.25) is 0 Å². The lowest BCUT2D eigenvalue weighted by molar-refractivity contribution is 0.537. The standard InChI is InChI=1S/C16H21N3/c1-11-2-3-12(8-11)9-19-16-5-4-15(17)13-6-7-18-10-14(13)16/h4-7,10-12,19H,2-3,8-9,17H2,1H3. The molecule has 1 fully saturated rings. The van der Waals surface area contributed by atoms with Crippen molar-refractivity contribution >= 4 is 22.1 Å². The maximum atomic E-state index is 6.01. The Kier molecular flexibility index (Phi) is 3.28. The van der Waals surface area contributed by atoms with Crippen molar-refractivity contribution in [2.75, 3.05) is 17.6 Å². The highest BCUT2D eigenvalue weighted by Crippen LogP contribution is 2.32. The van der Waals surface area contributed by atoms with E-state index in [-0.39, 0.29) is 0 Å². The summed E-state index contributed by atoms with van der Waals surface area (Å²) >= 11 is 0. The maximum Gasteiger partial charge on any atom is 0.0437 e. The van der Waals surface area contributed by atoms with Crippen LogP contribution in [0.1, 0.15) is 26.2 Å². The summed E-state index contributed by atoms with van der Waals surface area (Å²) in [6, 6.07) is 6.02. The number of nitrogen functional groups attached to an aromatic ring is 1. The van der Waals surface area contributed by atoms with Gasteiger partial charge in [0.05, 0.1) is 0 Å². The summed E-state index contributed by atoms with van der Waals surface area (Å²) in [6.45, 7) is 3.40. The van der Waals surface area contributed by atoms with Gasteiger partial charge in [-0.15, -0.1) is 0 Å². The molecule has 3 heteroatoms. The van der Waals surface area contributed by atoms with E-state index in [9.17, 15) is 0 Å². The molecular formula is C16H21N3. The summed E-state index contributed by atoms with van der Waals surface area (Å²) < 4.78 is 0. The van der Waals surface area contributed by atoms with Gasteiger partial charge in [-0.05, 0) is 42.9 Å². The van der Waals surface area contributed by atoms with Crippen LogP contribution in [0.25, 0.3) is 10.8 Å². The van der Waals surface area contributed by atoms with E-state index in [1.807, 2.05) is 18.3 Å². The highest BCUT2D eigenvalue weighted by Gasteiger charge is 2.21. The highest BCUT2D eigenvalue weighted by atomic mass is 14.9. The number of nitrogens with one attached hydrogen (secondary N) is 1. The number of hydrogen-bond donors (Lipinski definition) is 2. The number of benzene rings is 1. The molecule has 2 unspecified atom stereocenters. The molecular weight excluding hydrogens is 234 g/mol. The lowest BCUT2D eigenvalue weighted by atomic mass is 10.1. The van der Waals surface area contributed by atoms with Gasteiger partial charge in [-0.25, -0.2) is 0 Å². The van der Waals surface area contributed by atoms with E-state index in [2.05, 4.69) is 23.3 Å². The van der Waals surface area contributed by atoms with E-state index >= 15 is 0 Å². The molecule has 100 valence electrons. The molecule has 1 aliphatic rings. The zero-order chi connectivity index (χ0) is 13.2. The Bertz CT molecular complexity index is 579. The highest BCUT2D eigenvalue weighted by molar-refractivity contribution is 6.00. The molecule has 0 spiro atoms. The first-order chi connectivity index (χ1) is 9.24. The maximum absolute atomic E-state index is 6.01. The van der Waals surface area contributed by atoms with Gasteiger partial charge >= 0.3 is 0 Å². The molecule has 1 saturated carbocycles. The number of nitrogens with two attached hydrogens (primary N) is 1. The van der Waals surface area contributed by atoms with Crippen molar-refractivity contribution in [2.45, 2.75) is 26.2 Å². The van der Waals surface area contributed by atoms with Crippen LogP contribution in [0.5, 0.6) is 0 Å². The second-order valence-electron chi connectivity index (χ2n) is 5.79. The number of pyridine rings is 1. The molecule has 1 aromatic carbocycles. The molecule has 19 heavy (non-hydrogen) atoms. The van der Waals surface area contributed by atoms with Crippen LogP contribution in [-0.4, -0.2) is 11.5 Å². The Morgan fingerprint density at radius 2 is 2.16 bits per heavy atom. The van der Waals surface area contributed by atoms with Gasteiger partial charge in [0.1, 0.15) is 0 Å². The summed E-state index contributed by atoms with van der Waals surface area (Å²) in [5, 5.41) is 5.78. The Morgan fingerprint density at radius 1 is 1.26 bits per heavy atom. The van der Waals surface area contributed by atoms with Gasteiger partial charge in [-0.1, -0.05) is 13.3 Å². The van der Waals surface area contributed by atoms with Crippen molar-refractivity contribution in [1.82, 2.24) is 4.98 Å². The largest absolute Gasteiger partial charge is 0.398 e. The second kappa shape index (κ2) is 5.08. The van der Waals surface area contributed by atoms with Crippen molar-refractivity contribution < 1.29 is 0 Å². The van der Waals surface area contributed by atoms with Crippen LogP contribution in [0, 0.1) is 11.8 Å². The topological polar surface area (TPSA) is 50.9 Å². The minimum absolute atomic E-state index is 0.805. The average molecular weight is 255 g/mol. The van der Waals surface area contributed by atoms with Gasteiger partial charge in [-0.3, -0.25) is 4.98 Å². The molecule has 3 rings (SSSR count). The van der Waals surface area contributed by atoms with Gasteiger partial charge in [-0.2, -0.15) is 0 Å². The molecule has 0 amide bonds. The van der Waals surface area contributed by atoms with Gasteiger partial charge in [0.25, 0.3) is 0 Å². The van der Waals surface area contributed by atoms with Crippen LogP contribution in [0.15, 0.2) is 30.6 Å². The quantitative estimate of drug-likeness (QED) is 0.823. The van der Waals surface area contributed by atoms with E-state index < -0.39 is 0 Å². The number of rotatable bonds is 3. The first kappa shape index (κ1) is 12.3. The molecule has 3 N–H and O–H groups in total. The molecule has 0 bridgehead atoms.